The van der Waals surface area contributed by atoms with Gasteiger partial charge in [0.05, 0.1) is 0 Å². The van der Waals surface area contributed by atoms with Crippen molar-refractivity contribution in [2.24, 2.45) is 10.9 Å². The number of fused-ring (bicyclic) bond motifs is 1. The highest BCUT2D eigenvalue weighted by Gasteiger charge is 2.24. The van der Waals surface area contributed by atoms with Crippen LogP contribution in [0.3, 0.4) is 0 Å². The molecule has 0 saturated carbocycles. The van der Waals surface area contributed by atoms with E-state index in [-0.39, 0.29) is 0 Å². The summed E-state index contributed by atoms with van der Waals surface area (Å²) in [7, 11) is 0. The molecule has 1 fully saturated rings. The summed E-state index contributed by atoms with van der Waals surface area (Å²) < 4.78 is 1.97. The molecule has 30 heavy (non-hydrogen) atoms. The van der Waals surface area contributed by atoms with Crippen molar-refractivity contribution in [2.75, 3.05) is 31.1 Å². The van der Waals surface area contributed by atoms with E-state index in [1.165, 1.54) is 11.3 Å². The van der Waals surface area contributed by atoms with E-state index in [1.54, 1.807) is 0 Å². The normalized spacial score (nSPS) is 17.0. The predicted octanol–water partition coefficient (Wildman–Crippen LogP) is 3.27. The van der Waals surface area contributed by atoms with Gasteiger partial charge in [0.2, 0.25) is 0 Å². The van der Waals surface area contributed by atoms with Gasteiger partial charge in [0.15, 0.2) is 17.4 Å². The van der Waals surface area contributed by atoms with Gasteiger partial charge in [-0.2, -0.15) is 0 Å². The van der Waals surface area contributed by atoms with Crippen LogP contribution in [-0.2, 0) is 6.54 Å². The van der Waals surface area contributed by atoms with Crippen LogP contribution in [-0.4, -0.2) is 46.7 Å². The minimum absolute atomic E-state index is 0.471. The Bertz CT molecular complexity index is 1030. The molecule has 1 aliphatic heterocycles. The number of halogens is 1. The number of aryl methyl sites for hydroxylation is 1. The third-order valence-corrected chi connectivity index (χ3v) is 5.70. The molecule has 0 radical (unpaired) electrons. The summed E-state index contributed by atoms with van der Waals surface area (Å²) in [5.41, 5.74) is 3.34. The number of pyridine rings is 1. The molecular weight excluding hydrogens is 398 g/mol. The zero-order valence-corrected chi connectivity index (χ0v) is 18.2. The van der Waals surface area contributed by atoms with Crippen LogP contribution in [0.5, 0.6) is 0 Å². The molecule has 8 heteroatoms. The fraction of sp³-hybridized carbons (Fsp3) is 0.409. The van der Waals surface area contributed by atoms with Crippen molar-refractivity contribution >= 4 is 28.9 Å². The summed E-state index contributed by atoms with van der Waals surface area (Å²) in [4.78, 5) is 7.14. The SMILES string of the molecule is CCNC(=NCc1nnc2ccccn12)NCC1CCN(c2cc(Cl)ccc2C)C1. The Morgan fingerprint density at radius 2 is 2.13 bits per heavy atom. The smallest absolute Gasteiger partial charge is 0.191 e. The number of aromatic nitrogens is 3. The van der Waals surface area contributed by atoms with Gasteiger partial charge in [0, 0.05) is 43.1 Å². The third-order valence-electron chi connectivity index (χ3n) is 5.46. The molecule has 1 aromatic carbocycles. The zero-order chi connectivity index (χ0) is 20.9. The Balaban J connectivity index is 1.36. The molecule has 3 aromatic rings. The van der Waals surface area contributed by atoms with Crippen LogP contribution in [0.4, 0.5) is 5.69 Å². The van der Waals surface area contributed by atoms with Crippen LogP contribution in [0.2, 0.25) is 5.02 Å². The van der Waals surface area contributed by atoms with Crippen molar-refractivity contribution in [1.82, 2.24) is 25.2 Å². The molecule has 0 bridgehead atoms. The predicted molar refractivity (Wildman–Crippen MR) is 122 cm³/mol. The molecule has 4 rings (SSSR count). The van der Waals surface area contributed by atoms with Crippen LogP contribution >= 0.6 is 11.6 Å². The van der Waals surface area contributed by atoms with Crippen molar-refractivity contribution in [2.45, 2.75) is 26.8 Å². The molecule has 1 aliphatic rings. The fourth-order valence-electron chi connectivity index (χ4n) is 3.87. The third kappa shape index (κ3) is 4.67. The molecule has 3 heterocycles. The molecule has 1 atom stereocenters. The lowest BCUT2D eigenvalue weighted by molar-refractivity contribution is 0.565. The fourth-order valence-corrected chi connectivity index (χ4v) is 4.04. The second-order valence-corrected chi connectivity index (χ2v) is 8.09. The van der Waals surface area contributed by atoms with Gasteiger partial charge in [-0.25, -0.2) is 4.99 Å². The van der Waals surface area contributed by atoms with Gasteiger partial charge in [-0.1, -0.05) is 23.7 Å². The monoisotopic (exact) mass is 425 g/mol. The Hall–Kier alpha value is -2.80. The van der Waals surface area contributed by atoms with Crippen molar-refractivity contribution in [1.29, 1.82) is 0 Å². The van der Waals surface area contributed by atoms with Crippen molar-refractivity contribution in [3.05, 3.63) is 59.0 Å². The quantitative estimate of drug-likeness (QED) is 0.468. The minimum atomic E-state index is 0.471. The summed E-state index contributed by atoms with van der Waals surface area (Å²) >= 11 is 6.21. The number of anilines is 1. The van der Waals surface area contributed by atoms with E-state index >= 15 is 0 Å². The number of rotatable bonds is 6. The summed E-state index contributed by atoms with van der Waals surface area (Å²) in [6.07, 6.45) is 3.11. The topological polar surface area (TPSA) is 69.8 Å². The number of benzene rings is 1. The first kappa shape index (κ1) is 20.5. The molecule has 158 valence electrons. The van der Waals surface area contributed by atoms with Crippen LogP contribution in [0.1, 0.15) is 24.7 Å². The van der Waals surface area contributed by atoms with E-state index in [1.807, 2.05) is 34.9 Å². The van der Waals surface area contributed by atoms with E-state index in [0.29, 0.717) is 12.5 Å². The van der Waals surface area contributed by atoms with Gasteiger partial charge < -0.3 is 15.5 Å². The van der Waals surface area contributed by atoms with Crippen molar-refractivity contribution < 1.29 is 0 Å². The maximum absolute atomic E-state index is 6.21. The number of hydrogen-bond donors (Lipinski definition) is 2. The van der Waals surface area contributed by atoms with E-state index < -0.39 is 0 Å². The molecule has 1 saturated heterocycles. The average molecular weight is 426 g/mol. The molecule has 1 unspecified atom stereocenters. The van der Waals surface area contributed by atoms with Crippen LogP contribution in [0.15, 0.2) is 47.6 Å². The first-order valence-electron chi connectivity index (χ1n) is 10.5. The first-order valence-corrected chi connectivity index (χ1v) is 10.8. The summed E-state index contributed by atoms with van der Waals surface area (Å²) in [5.74, 6) is 2.19. The maximum atomic E-state index is 6.21. The van der Waals surface area contributed by atoms with E-state index in [0.717, 1.165) is 55.1 Å². The number of aliphatic imine (C=N–C) groups is 1. The zero-order valence-electron chi connectivity index (χ0n) is 17.5. The first-order chi connectivity index (χ1) is 14.6. The molecular formula is C22H28ClN7. The molecule has 0 aliphatic carbocycles. The molecule has 7 nitrogen and oxygen atoms in total. The van der Waals surface area contributed by atoms with Gasteiger partial charge in [0.25, 0.3) is 0 Å². The average Bonchev–Trinajstić information content (AvgIpc) is 3.39. The highest BCUT2D eigenvalue weighted by atomic mass is 35.5. The Labute approximate surface area is 182 Å². The highest BCUT2D eigenvalue weighted by molar-refractivity contribution is 6.30. The highest BCUT2D eigenvalue weighted by Crippen LogP contribution is 2.29. The summed E-state index contributed by atoms with van der Waals surface area (Å²) in [6.45, 7) is 8.44. The van der Waals surface area contributed by atoms with E-state index in [9.17, 15) is 0 Å². The van der Waals surface area contributed by atoms with Gasteiger partial charge in [-0.05, 0) is 56.0 Å². The van der Waals surface area contributed by atoms with Gasteiger partial charge in [0.1, 0.15) is 6.54 Å². The van der Waals surface area contributed by atoms with Gasteiger partial charge in [-0.3, -0.25) is 4.40 Å². The Kier molecular flexibility index (Phi) is 6.38. The number of guanidine groups is 1. The van der Waals surface area contributed by atoms with E-state index in [4.69, 9.17) is 16.6 Å². The molecule has 2 N–H and O–H groups in total. The van der Waals surface area contributed by atoms with Crippen molar-refractivity contribution in [3.8, 4) is 0 Å². The largest absolute Gasteiger partial charge is 0.371 e. The summed E-state index contributed by atoms with van der Waals surface area (Å²) in [5, 5.41) is 16.1. The summed E-state index contributed by atoms with van der Waals surface area (Å²) in [6, 6.07) is 12.0. The molecule has 0 spiro atoms. The van der Waals surface area contributed by atoms with E-state index in [2.05, 4.69) is 51.7 Å². The number of nitrogens with zero attached hydrogens (tertiary/aromatic N) is 5. The van der Waals surface area contributed by atoms with Crippen LogP contribution < -0.4 is 15.5 Å². The number of nitrogens with one attached hydrogen (secondary N) is 2. The Morgan fingerprint density at radius 1 is 1.23 bits per heavy atom. The lowest BCUT2D eigenvalue weighted by atomic mass is 10.1. The standard InChI is InChI=1S/C22H28ClN7/c1-3-24-22(26-14-21-28-27-20-6-4-5-10-30(20)21)25-13-17-9-11-29(15-17)19-12-18(23)8-7-16(19)2/h4-8,10,12,17H,3,9,11,13-15H2,1-2H3,(H2,24,25,26). The van der Waals surface area contributed by atoms with Crippen LogP contribution in [0, 0.1) is 12.8 Å². The van der Waals surface area contributed by atoms with Gasteiger partial charge in [-0.15, -0.1) is 10.2 Å². The second kappa shape index (κ2) is 9.34. The number of hydrogen-bond acceptors (Lipinski definition) is 4. The Morgan fingerprint density at radius 3 is 3.00 bits per heavy atom. The van der Waals surface area contributed by atoms with Gasteiger partial charge >= 0.3 is 0 Å². The lowest BCUT2D eigenvalue weighted by Crippen LogP contribution is -2.40. The maximum Gasteiger partial charge on any atom is 0.191 e. The molecule has 0 amide bonds. The van der Waals surface area contributed by atoms with Crippen molar-refractivity contribution in [3.63, 3.8) is 0 Å². The minimum Gasteiger partial charge on any atom is -0.371 e. The lowest BCUT2D eigenvalue weighted by Gasteiger charge is -2.21. The second-order valence-electron chi connectivity index (χ2n) is 7.65. The molecule has 2 aromatic heterocycles. The van der Waals surface area contributed by atoms with Crippen LogP contribution in [0.25, 0.3) is 5.65 Å².